The number of hydrogen-bond acceptors (Lipinski definition) is 2. The molecule has 32 heavy (non-hydrogen) atoms. The van der Waals surface area contributed by atoms with Crippen molar-refractivity contribution >= 4 is 11.8 Å². The lowest BCUT2D eigenvalue weighted by atomic mass is 10.00. The Balaban J connectivity index is 1.96. The SMILES string of the molecule is CNC(=O)[C@H](Cc1ccccc1)N(Cc1ccccc1F)C(=O)Cc1ccc(C)c(C)c1. The minimum absolute atomic E-state index is 0.0151. The van der Waals surface area contributed by atoms with E-state index in [1.807, 2.05) is 62.4 Å². The second-order valence-electron chi connectivity index (χ2n) is 8.03. The topological polar surface area (TPSA) is 49.4 Å². The number of nitrogens with one attached hydrogen (secondary N) is 1. The van der Waals surface area contributed by atoms with Crippen molar-refractivity contribution in [2.75, 3.05) is 7.05 Å². The van der Waals surface area contributed by atoms with Crippen LogP contribution in [0.1, 0.15) is 27.8 Å². The Kier molecular flexibility index (Phi) is 7.77. The fraction of sp³-hybridized carbons (Fsp3) is 0.259. The Morgan fingerprint density at radius 1 is 0.906 bits per heavy atom. The molecule has 0 fully saturated rings. The van der Waals surface area contributed by atoms with E-state index in [0.717, 1.165) is 22.3 Å². The predicted octanol–water partition coefficient (Wildman–Crippen LogP) is 4.37. The molecule has 0 unspecified atom stereocenters. The van der Waals surface area contributed by atoms with Gasteiger partial charge in [-0.25, -0.2) is 4.39 Å². The molecule has 0 heterocycles. The molecule has 3 aromatic rings. The molecule has 0 saturated heterocycles. The molecule has 0 aliphatic carbocycles. The van der Waals surface area contributed by atoms with Gasteiger partial charge in [-0.1, -0.05) is 66.7 Å². The number of hydrogen-bond donors (Lipinski definition) is 1. The Morgan fingerprint density at radius 3 is 2.25 bits per heavy atom. The molecule has 1 N–H and O–H groups in total. The standard InChI is InChI=1S/C27H29FN2O2/c1-19-13-14-22(15-20(19)2)17-26(31)30(18-23-11-7-8-12-24(23)28)25(27(32)29-3)16-21-9-5-4-6-10-21/h4-15,25H,16-18H2,1-3H3,(H,29,32)/t25-/m0/s1. The van der Waals surface area contributed by atoms with Crippen molar-refractivity contribution in [3.8, 4) is 0 Å². The summed E-state index contributed by atoms with van der Waals surface area (Å²) in [5.41, 5.74) is 4.42. The van der Waals surface area contributed by atoms with Gasteiger partial charge in [0.25, 0.3) is 0 Å². The Hall–Kier alpha value is -3.47. The van der Waals surface area contributed by atoms with Crippen LogP contribution in [0.15, 0.2) is 72.8 Å². The van der Waals surface area contributed by atoms with Crippen LogP contribution in [0.5, 0.6) is 0 Å². The number of carbonyl (C=O) groups excluding carboxylic acids is 2. The molecule has 0 aromatic heterocycles. The first-order valence-electron chi connectivity index (χ1n) is 10.7. The molecule has 4 nitrogen and oxygen atoms in total. The van der Waals surface area contributed by atoms with E-state index in [2.05, 4.69) is 5.32 Å². The first-order chi connectivity index (χ1) is 15.4. The van der Waals surface area contributed by atoms with Crippen LogP contribution < -0.4 is 5.32 Å². The first kappa shape index (κ1) is 23.2. The number of carbonyl (C=O) groups is 2. The Labute approximate surface area is 189 Å². The first-order valence-corrected chi connectivity index (χ1v) is 10.7. The van der Waals surface area contributed by atoms with E-state index in [-0.39, 0.29) is 24.8 Å². The van der Waals surface area contributed by atoms with Crippen LogP contribution >= 0.6 is 0 Å². The lowest BCUT2D eigenvalue weighted by molar-refractivity contribution is -0.140. The van der Waals surface area contributed by atoms with Crippen molar-refractivity contribution in [2.24, 2.45) is 0 Å². The van der Waals surface area contributed by atoms with Crippen molar-refractivity contribution in [3.05, 3.63) is 106 Å². The van der Waals surface area contributed by atoms with E-state index in [9.17, 15) is 14.0 Å². The summed E-state index contributed by atoms with van der Waals surface area (Å²) in [7, 11) is 1.55. The molecular weight excluding hydrogens is 403 g/mol. The number of benzene rings is 3. The summed E-state index contributed by atoms with van der Waals surface area (Å²) in [4.78, 5) is 27.9. The van der Waals surface area contributed by atoms with Gasteiger partial charge in [0, 0.05) is 25.6 Å². The van der Waals surface area contributed by atoms with Gasteiger partial charge in [0.1, 0.15) is 11.9 Å². The minimum Gasteiger partial charge on any atom is -0.357 e. The zero-order chi connectivity index (χ0) is 23.1. The molecule has 0 aliphatic rings. The van der Waals surface area contributed by atoms with Gasteiger partial charge in [0.05, 0.1) is 6.42 Å². The maximum atomic E-state index is 14.5. The molecule has 0 bridgehead atoms. The normalized spacial score (nSPS) is 11.6. The Morgan fingerprint density at radius 2 is 1.59 bits per heavy atom. The molecular formula is C27H29FN2O2. The molecule has 3 aromatic carbocycles. The van der Waals surface area contributed by atoms with Crippen molar-refractivity contribution in [3.63, 3.8) is 0 Å². The molecule has 3 rings (SSSR count). The van der Waals surface area contributed by atoms with Crippen LogP contribution in [0.4, 0.5) is 4.39 Å². The zero-order valence-electron chi connectivity index (χ0n) is 18.8. The summed E-state index contributed by atoms with van der Waals surface area (Å²) in [6.07, 6.45) is 0.478. The smallest absolute Gasteiger partial charge is 0.242 e. The quantitative estimate of drug-likeness (QED) is 0.575. The molecule has 2 amide bonds. The minimum atomic E-state index is -0.763. The molecule has 5 heteroatoms. The summed E-state index contributed by atoms with van der Waals surface area (Å²) < 4.78 is 14.5. The number of amides is 2. The third-order valence-corrected chi connectivity index (χ3v) is 5.74. The van der Waals surface area contributed by atoms with Crippen molar-refractivity contribution < 1.29 is 14.0 Å². The van der Waals surface area contributed by atoms with Gasteiger partial charge >= 0.3 is 0 Å². The third kappa shape index (κ3) is 5.82. The van der Waals surface area contributed by atoms with Crippen LogP contribution in [-0.4, -0.2) is 29.8 Å². The number of rotatable bonds is 8. The monoisotopic (exact) mass is 432 g/mol. The van der Waals surface area contributed by atoms with Crippen LogP contribution in [-0.2, 0) is 29.0 Å². The zero-order valence-corrected chi connectivity index (χ0v) is 18.8. The summed E-state index contributed by atoms with van der Waals surface area (Å²) >= 11 is 0. The lowest BCUT2D eigenvalue weighted by Crippen LogP contribution is -2.50. The molecule has 0 radical (unpaired) electrons. The average molecular weight is 433 g/mol. The van der Waals surface area contributed by atoms with E-state index in [0.29, 0.717) is 12.0 Å². The number of nitrogens with zero attached hydrogens (tertiary/aromatic N) is 1. The fourth-order valence-electron chi connectivity index (χ4n) is 3.72. The van der Waals surface area contributed by atoms with Gasteiger partial charge in [-0.3, -0.25) is 9.59 Å². The van der Waals surface area contributed by atoms with Gasteiger partial charge in [-0.15, -0.1) is 0 Å². The highest BCUT2D eigenvalue weighted by Gasteiger charge is 2.30. The third-order valence-electron chi connectivity index (χ3n) is 5.74. The highest BCUT2D eigenvalue weighted by Crippen LogP contribution is 2.19. The molecule has 1 atom stereocenters. The number of aryl methyl sites for hydroxylation is 2. The Bertz CT molecular complexity index is 1080. The van der Waals surface area contributed by atoms with Crippen molar-refractivity contribution in [2.45, 2.75) is 39.3 Å². The molecule has 0 saturated carbocycles. The molecule has 166 valence electrons. The summed E-state index contributed by atoms with van der Waals surface area (Å²) in [6, 6.07) is 21.0. The van der Waals surface area contributed by atoms with Gasteiger partial charge in [-0.2, -0.15) is 0 Å². The van der Waals surface area contributed by atoms with Crippen molar-refractivity contribution in [1.82, 2.24) is 10.2 Å². The van der Waals surface area contributed by atoms with Crippen LogP contribution in [0.3, 0.4) is 0 Å². The average Bonchev–Trinajstić information content (AvgIpc) is 2.80. The van der Waals surface area contributed by atoms with Gasteiger partial charge < -0.3 is 10.2 Å². The number of likely N-dealkylation sites (N-methyl/N-ethyl adjacent to an activating group) is 1. The summed E-state index contributed by atoms with van der Waals surface area (Å²) in [5, 5.41) is 2.67. The van der Waals surface area contributed by atoms with Gasteiger partial charge in [0.15, 0.2) is 0 Å². The maximum Gasteiger partial charge on any atom is 0.242 e. The van der Waals surface area contributed by atoms with E-state index in [4.69, 9.17) is 0 Å². The van der Waals surface area contributed by atoms with E-state index in [1.165, 1.54) is 11.0 Å². The van der Waals surface area contributed by atoms with E-state index >= 15 is 0 Å². The summed E-state index contributed by atoms with van der Waals surface area (Å²) in [6.45, 7) is 4.04. The second kappa shape index (κ2) is 10.7. The maximum absolute atomic E-state index is 14.5. The predicted molar refractivity (Wildman–Crippen MR) is 125 cm³/mol. The van der Waals surface area contributed by atoms with Gasteiger partial charge in [-0.05, 0) is 42.2 Å². The van der Waals surface area contributed by atoms with E-state index in [1.54, 1.807) is 25.2 Å². The van der Waals surface area contributed by atoms with Crippen LogP contribution in [0.25, 0.3) is 0 Å². The highest BCUT2D eigenvalue weighted by molar-refractivity contribution is 5.88. The molecule has 0 aliphatic heterocycles. The lowest BCUT2D eigenvalue weighted by Gasteiger charge is -2.31. The van der Waals surface area contributed by atoms with Gasteiger partial charge in [0.2, 0.25) is 11.8 Å². The van der Waals surface area contributed by atoms with Crippen LogP contribution in [0.2, 0.25) is 0 Å². The summed E-state index contributed by atoms with van der Waals surface area (Å²) in [5.74, 6) is -0.897. The molecule has 0 spiro atoms. The van der Waals surface area contributed by atoms with Crippen molar-refractivity contribution in [1.29, 1.82) is 0 Å². The second-order valence-corrected chi connectivity index (χ2v) is 8.03. The van der Waals surface area contributed by atoms with E-state index < -0.39 is 11.9 Å². The fourth-order valence-corrected chi connectivity index (χ4v) is 3.72. The van der Waals surface area contributed by atoms with Crippen LogP contribution in [0, 0.1) is 19.7 Å². The largest absolute Gasteiger partial charge is 0.357 e. The highest BCUT2D eigenvalue weighted by atomic mass is 19.1. The number of halogens is 1.